The minimum absolute atomic E-state index is 0.104. The van der Waals surface area contributed by atoms with Gasteiger partial charge in [0.05, 0.1) is 19.1 Å². The first-order valence-corrected chi connectivity index (χ1v) is 13.4. The number of nitrogens with one attached hydrogen (secondary N) is 1. The fraction of sp³-hybridized carbons (Fsp3) is 0.100. The molecule has 1 amide bonds. The maximum absolute atomic E-state index is 12.6. The van der Waals surface area contributed by atoms with Crippen LogP contribution in [-0.4, -0.2) is 44.7 Å². The molecule has 0 saturated heterocycles. The summed E-state index contributed by atoms with van der Waals surface area (Å²) < 4.78 is 13.2. The van der Waals surface area contributed by atoms with Gasteiger partial charge in [-0.1, -0.05) is 54.2 Å². The summed E-state index contributed by atoms with van der Waals surface area (Å²) in [6, 6.07) is 28.7. The zero-order valence-corrected chi connectivity index (χ0v) is 22.5. The Labute approximate surface area is 235 Å². The van der Waals surface area contributed by atoms with Gasteiger partial charge in [0, 0.05) is 29.2 Å². The molecule has 40 heavy (non-hydrogen) atoms. The molecule has 0 atom stereocenters. The normalized spacial score (nSPS) is 10.9. The summed E-state index contributed by atoms with van der Waals surface area (Å²) in [6.45, 7) is 0.370. The molecule has 200 valence electrons. The first-order chi connectivity index (χ1) is 19.7. The maximum atomic E-state index is 12.6. The molecule has 0 unspecified atom stereocenters. The standard InChI is InChI=1S/C30H26N6O3S/c1-38-26-12-7-8-22(18-26)20-39-27-13-6-5-9-24(27)19-32-33-28(37)21-40-30-35-34-29(23-14-16-31-17-15-23)36(30)25-10-3-2-4-11-25/h2-19H,20-21H2,1H3,(H,33,37)/b32-19+. The number of hydrogen-bond donors (Lipinski definition) is 1. The lowest BCUT2D eigenvalue weighted by Gasteiger charge is -2.10. The van der Waals surface area contributed by atoms with E-state index in [1.165, 1.54) is 11.8 Å². The fourth-order valence-electron chi connectivity index (χ4n) is 3.84. The SMILES string of the molecule is COc1cccc(COc2ccccc2/C=N/NC(=O)CSc2nnc(-c3ccncc3)n2-c2ccccc2)c1. The Morgan fingerprint density at radius 3 is 2.60 bits per heavy atom. The van der Waals surface area contributed by atoms with Gasteiger partial charge in [-0.2, -0.15) is 5.10 Å². The Balaban J connectivity index is 1.22. The zero-order valence-electron chi connectivity index (χ0n) is 21.7. The van der Waals surface area contributed by atoms with Crippen LogP contribution in [0.5, 0.6) is 11.5 Å². The molecule has 0 aliphatic rings. The number of benzene rings is 3. The highest BCUT2D eigenvalue weighted by Gasteiger charge is 2.17. The van der Waals surface area contributed by atoms with Crippen molar-refractivity contribution < 1.29 is 14.3 Å². The van der Waals surface area contributed by atoms with Crippen LogP contribution in [-0.2, 0) is 11.4 Å². The number of carbonyl (C=O) groups is 1. The van der Waals surface area contributed by atoms with Crippen LogP contribution in [0.3, 0.4) is 0 Å². The highest BCUT2D eigenvalue weighted by atomic mass is 32.2. The number of ether oxygens (including phenoxy) is 2. The molecule has 2 aromatic heterocycles. The number of nitrogens with zero attached hydrogens (tertiary/aromatic N) is 5. The third kappa shape index (κ3) is 6.72. The second-order valence-corrected chi connectivity index (χ2v) is 9.42. The molecule has 1 N–H and O–H groups in total. The van der Waals surface area contributed by atoms with Crippen LogP contribution in [0, 0.1) is 0 Å². The number of thioether (sulfide) groups is 1. The average Bonchev–Trinajstić information content (AvgIpc) is 3.44. The molecule has 5 rings (SSSR count). The molecule has 0 radical (unpaired) electrons. The predicted molar refractivity (Wildman–Crippen MR) is 155 cm³/mol. The van der Waals surface area contributed by atoms with E-state index < -0.39 is 0 Å². The van der Waals surface area contributed by atoms with Crippen molar-refractivity contribution in [1.82, 2.24) is 25.2 Å². The molecule has 0 spiro atoms. The van der Waals surface area contributed by atoms with E-state index in [2.05, 4.69) is 25.7 Å². The van der Waals surface area contributed by atoms with Crippen molar-refractivity contribution in [3.63, 3.8) is 0 Å². The van der Waals surface area contributed by atoms with E-state index in [-0.39, 0.29) is 11.7 Å². The van der Waals surface area contributed by atoms with Crippen LogP contribution in [0.15, 0.2) is 114 Å². The molecule has 0 aliphatic heterocycles. The lowest BCUT2D eigenvalue weighted by atomic mass is 10.2. The monoisotopic (exact) mass is 550 g/mol. The fourth-order valence-corrected chi connectivity index (χ4v) is 4.58. The molecule has 2 heterocycles. The van der Waals surface area contributed by atoms with Gasteiger partial charge in [-0.15, -0.1) is 10.2 Å². The summed E-state index contributed by atoms with van der Waals surface area (Å²) in [5.74, 6) is 1.92. The van der Waals surface area contributed by atoms with Crippen molar-refractivity contribution in [2.24, 2.45) is 5.10 Å². The average molecular weight is 551 g/mol. The van der Waals surface area contributed by atoms with E-state index in [9.17, 15) is 4.79 Å². The number of hydrogen-bond acceptors (Lipinski definition) is 8. The summed E-state index contributed by atoms with van der Waals surface area (Å²) in [5, 5.41) is 13.5. The van der Waals surface area contributed by atoms with Gasteiger partial charge < -0.3 is 9.47 Å². The van der Waals surface area contributed by atoms with E-state index in [0.29, 0.717) is 23.3 Å². The summed E-state index contributed by atoms with van der Waals surface area (Å²) in [6.07, 6.45) is 4.98. The second-order valence-electron chi connectivity index (χ2n) is 8.47. The van der Waals surface area contributed by atoms with Gasteiger partial charge in [-0.05, 0) is 54.1 Å². The first-order valence-electron chi connectivity index (χ1n) is 12.4. The largest absolute Gasteiger partial charge is 0.497 e. The van der Waals surface area contributed by atoms with Crippen LogP contribution in [0.2, 0.25) is 0 Å². The maximum Gasteiger partial charge on any atom is 0.250 e. The van der Waals surface area contributed by atoms with Gasteiger partial charge >= 0.3 is 0 Å². The number of hydrazone groups is 1. The van der Waals surface area contributed by atoms with Crippen LogP contribution < -0.4 is 14.9 Å². The Bertz CT molecular complexity index is 1590. The Morgan fingerprint density at radius 2 is 1.77 bits per heavy atom. The van der Waals surface area contributed by atoms with Crippen molar-refractivity contribution in [3.8, 4) is 28.6 Å². The number of aromatic nitrogens is 4. The summed E-state index contributed by atoms with van der Waals surface area (Å²) in [4.78, 5) is 16.7. The lowest BCUT2D eigenvalue weighted by Crippen LogP contribution is -2.20. The van der Waals surface area contributed by atoms with Crippen LogP contribution in [0.4, 0.5) is 0 Å². The summed E-state index contributed by atoms with van der Waals surface area (Å²) in [5.41, 5.74) is 6.07. The predicted octanol–water partition coefficient (Wildman–Crippen LogP) is 5.16. The van der Waals surface area contributed by atoms with Crippen molar-refractivity contribution in [3.05, 3.63) is 115 Å². The number of para-hydroxylation sites is 2. The van der Waals surface area contributed by atoms with Crippen molar-refractivity contribution in [2.75, 3.05) is 12.9 Å². The van der Waals surface area contributed by atoms with Gasteiger partial charge in [0.1, 0.15) is 18.1 Å². The third-order valence-electron chi connectivity index (χ3n) is 5.76. The summed E-state index contributed by atoms with van der Waals surface area (Å²) >= 11 is 1.28. The molecule has 0 saturated carbocycles. The zero-order chi connectivity index (χ0) is 27.6. The summed E-state index contributed by atoms with van der Waals surface area (Å²) in [7, 11) is 1.63. The first kappa shape index (κ1) is 26.6. The van der Waals surface area contributed by atoms with Gasteiger partial charge in [0.2, 0.25) is 0 Å². The lowest BCUT2D eigenvalue weighted by molar-refractivity contribution is -0.118. The number of methoxy groups -OCH3 is 1. The Hall–Kier alpha value is -4.96. The molecular weight excluding hydrogens is 524 g/mol. The van der Waals surface area contributed by atoms with Gasteiger partial charge in [-0.25, -0.2) is 5.43 Å². The molecule has 0 fully saturated rings. The van der Waals surface area contributed by atoms with Crippen molar-refractivity contribution >= 4 is 23.9 Å². The minimum Gasteiger partial charge on any atom is -0.497 e. The van der Waals surface area contributed by atoms with E-state index in [1.54, 1.807) is 25.7 Å². The van der Waals surface area contributed by atoms with Crippen LogP contribution >= 0.6 is 11.8 Å². The minimum atomic E-state index is -0.274. The molecule has 0 bridgehead atoms. The van der Waals surface area contributed by atoms with Crippen molar-refractivity contribution in [2.45, 2.75) is 11.8 Å². The molecule has 9 nitrogen and oxygen atoms in total. The Morgan fingerprint density at radius 1 is 0.975 bits per heavy atom. The van der Waals surface area contributed by atoms with E-state index in [4.69, 9.17) is 9.47 Å². The van der Waals surface area contributed by atoms with Gasteiger partial charge in [-0.3, -0.25) is 14.3 Å². The third-order valence-corrected chi connectivity index (χ3v) is 6.69. The molecule has 10 heteroatoms. The molecule has 5 aromatic rings. The highest BCUT2D eigenvalue weighted by Crippen LogP contribution is 2.27. The van der Waals surface area contributed by atoms with E-state index in [1.807, 2.05) is 95.6 Å². The molecular formula is C30H26N6O3S. The topological polar surface area (TPSA) is 104 Å². The van der Waals surface area contributed by atoms with Gasteiger partial charge in [0.25, 0.3) is 5.91 Å². The number of carbonyl (C=O) groups excluding carboxylic acids is 1. The van der Waals surface area contributed by atoms with E-state index >= 15 is 0 Å². The number of pyridine rings is 1. The van der Waals surface area contributed by atoms with Gasteiger partial charge in [0.15, 0.2) is 11.0 Å². The van der Waals surface area contributed by atoms with Crippen molar-refractivity contribution in [1.29, 1.82) is 0 Å². The highest BCUT2D eigenvalue weighted by molar-refractivity contribution is 7.99. The molecule has 0 aliphatic carbocycles. The second kappa shape index (κ2) is 13.2. The Kier molecular flexibility index (Phi) is 8.80. The van der Waals surface area contributed by atoms with Crippen LogP contribution in [0.25, 0.3) is 17.1 Å². The molecule has 3 aromatic carbocycles. The smallest absolute Gasteiger partial charge is 0.250 e. The van der Waals surface area contributed by atoms with Crippen LogP contribution in [0.1, 0.15) is 11.1 Å². The van der Waals surface area contributed by atoms with E-state index in [0.717, 1.165) is 28.1 Å². The number of rotatable bonds is 11. The quantitative estimate of drug-likeness (QED) is 0.138. The number of amides is 1.